The summed E-state index contributed by atoms with van der Waals surface area (Å²) in [4.78, 5) is 11.2. The van der Waals surface area contributed by atoms with E-state index in [9.17, 15) is 4.79 Å². The molecule has 19 heavy (non-hydrogen) atoms. The Hall–Kier alpha value is -1.34. The third-order valence-corrected chi connectivity index (χ3v) is 4.56. The Morgan fingerprint density at radius 3 is 3.00 bits per heavy atom. The van der Waals surface area contributed by atoms with E-state index in [1.807, 2.05) is 18.5 Å². The maximum absolute atomic E-state index is 11.0. The highest BCUT2D eigenvalue weighted by molar-refractivity contribution is 9.10. The smallest absolute Gasteiger partial charge is 0.349 e. The molecule has 0 atom stereocenters. The van der Waals surface area contributed by atoms with Crippen LogP contribution in [0.15, 0.2) is 15.9 Å². The minimum absolute atomic E-state index is 0.218. The quantitative estimate of drug-likeness (QED) is 0.903. The molecule has 5 nitrogen and oxygen atoms in total. The second-order valence-electron chi connectivity index (χ2n) is 3.87. The summed E-state index contributed by atoms with van der Waals surface area (Å²) in [6, 6.07) is 1.67. The van der Waals surface area contributed by atoms with E-state index >= 15 is 0 Å². The van der Waals surface area contributed by atoms with Crippen LogP contribution >= 0.6 is 27.3 Å². The summed E-state index contributed by atoms with van der Waals surface area (Å²) < 4.78 is 8.34. The summed E-state index contributed by atoms with van der Waals surface area (Å²) >= 11 is 4.63. The topological polar surface area (TPSA) is 64.4 Å². The molecule has 2 aromatic rings. The minimum Gasteiger partial charge on any atom is -0.485 e. The first kappa shape index (κ1) is 14.1. The monoisotopic (exact) mass is 344 g/mol. The number of halogens is 1. The third kappa shape index (κ3) is 2.82. The molecule has 0 spiro atoms. The van der Waals surface area contributed by atoms with Gasteiger partial charge < -0.3 is 9.84 Å². The summed E-state index contributed by atoms with van der Waals surface area (Å²) in [6.45, 7) is 4.93. The molecule has 7 heteroatoms. The average Bonchev–Trinajstić information content (AvgIpc) is 2.94. The lowest BCUT2D eigenvalue weighted by molar-refractivity contribution is 0.0697. The van der Waals surface area contributed by atoms with Crippen molar-refractivity contribution in [2.45, 2.75) is 27.0 Å². The number of aromatic nitrogens is 2. The molecule has 2 rings (SSSR count). The van der Waals surface area contributed by atoms with Gasteiger partial charge in [0.25, 0.3) is 0 Å². The van der Waals surface area contributed by atoms with Crippen LogP contribution in [0.2, 0.25) is 0 Å². The Bertz CT molecular complexity index is 606. The number of carboxylic acid groups (broad SMARTS) is 1. The molecule has 0 radical (unpaired) electrons. The number of nitrogens with zero attached hydrogens (tertiary/aromatic N) is 2. The first-order chi connectivity index (χ1) is 9.04. The zero-order valence-electron chi connectivity index (χ0n) is 10.5. The Kier molecular flexibility index (Phi) is 4.26. The average molecular weight is 345 g/mol. The third-order valence-electron chi connectivity index (χ3n) is 2.64. The summed E-state index contributed by atoms with van der Waals surface area (Å²) in [5.41, 5.74) is 1.80. The van der Waals surface area contributed by atoms with Crippen molar-refractivity contribution < 1.29 is 14.6 Å². The summed E-state index contributed by atoms with van der Waals surface area (Å²) in [5.74, 6) is -0.574. The lowest BCUT2D eigenvalue weighted by Crippen LogP contribution is -2.07. The molecule has 0 aliphatic rings. The van der Waals surface area contributed by atoms with Gasteiger partial charge in [-0.3, -0.25) is 4.68 Å². The van der Waals surface area contributed by atoms with Gasteiger partial charge in [-0.25, -0.2) is 4.79 Å². The Morgan fingerprint density at radius 2 is 2.37 bits per heavy atom. The van der Waals surface area contributed by atoms with Gasteiger partial charge in [0.1, 0.15) is 12.4 Å². The predicted molar refractivity (Wildman–Crippen MR) is 75.9 cm³/mol. The number of hydrogen-bond acceptors (Lipinski definition) is 4. The van der Waals surface area contributed by atoms with Crippen LogP contribution in [0.25, 0.3) is 0 Å². The first-order valence-corrected chi connectivity index (χ1v) is 7.37. The van der Waals surface area contributed by atoms with E-state index in [0.717, 1.165) is 33.7 Å². The van der Waals surface area contributed by atoms with Gasteiger partial charge in [-0.2, -0.15) is 5.10 Å². The molecule has 2 heterocycles. The highest BCUT2D eigenvalue weighted by Crippen LogP contribution is 2.27. The normalized spacial score (nSPS) is 10.7. The maximum atomic E-state index is 11.0. The molecule has 1 N–H and O–H groups in total. The standard InChI is InChI=1S/C12H13BrN2O3S/c1-3-15-8(10(13)7(2)14-15)6-18-9-4-5-19-11(9)12(16)17/h4-5H,3,6H2,1-2H3,(H,16,17). The number of thiophene rings is 1. The number of hydrogen-bond donors (Lipinski definition) is 1. The Morgan fingerprint density at radius 1 is 1.63 bits per heavy atom. The van der Waals surface area contributed by atoms with Crippen molar-refractivity contribution >= 4 is 33.2 Å². The van der Waals surface area contributed by atoms with Crippen LogP contribution in [0.1, 0.15) is 28.0 Å². The maximum Gasteiger partial charge on any atom is 0.349 e. The molecular formula is C12H13BrN2O3S. The first-order valence-electron chi connectivity index (χ1n) is 5.70. The van der Waals surface area contributed by atoms with E-state index in [4.69, 9.17) is 9.84 Å². The molecule has 0 saturated heterocycles. The van der Waals surface area contributed by atoms with Crippen molar-refractivity contribution in [2.75, 3.05) is 0 Å². The van der Waals surface area contributed by atoms with Crippen molar-refractivity contribution in [3.05, 3.63) is 32.2 Å². The number of carbonyl (C=O) groups is 1. The number of carboxylic acids is 1. The molecule has 0 amide bonds. The van der Waals surface area contributed by atoms with Crippen LogP contribution < -0.4 is 4.74 Å². The van der Waals surface area contributed by atoms with E-state index in [1.165, 1.54) is 0 Å². The molecule has 0 unspecified atom stereocenters. The lowest BCUT2D eigenvalue weighted by Gasteiger charge is -2.08. The van der Waals surface area contributed by atoms with Crippen molar-refractivity contribution in [3.8, 4) is 5.75 Å². The van der Waals surface area contributed by atoms with Crippen molar-refractivity contribution in [3.63, 3.8) is 0 Å². The number of aryl methyl sites for hydroxylation is 2. The van der Waals surface area contributed by atoms with Crippen LogP contribution in [0, 0.1) is 6.92 Å². The van der Waals surface area contributed by atoms with Crippen LogP contribution in [0.5, 0.6) is 5.75 Å². The van der Waals surface area contributed by atoms with Crippen LogP contribution in [0.4, 0.5) is 0 Å². The summed E-state index contributed by atoms with van der Waals surface area (Å²) in [6.07, 6.45) is 0. The molecule has 0 aromatic carbocycles. The molecule has 0 aliphatic heterocycles. The summed E-state index contributed by atoms with van der Waals surface area (Å²) in [7, 11) is 0. The fraction of sp³-hybridized carbons (Fsp3) is 0.333. The number of rotatable bonds is 5. The van der Waals surface area contributed by atoms with Crippen LogP contribution in [-0.4, -0.2) is 20.9 Å². The van der Waals surface area contributed by atoms with Gasteiger partial charge in [-0.05, 0) is 41.2 Å². The molecule has 0 fully saturated rings. The van der Waals surface area contributed by atoms with E-state index < -0.39 is 5.97 Å². The van der Waals surface area contributed by atoms with Crippen molar-refractivity contribution in [1.29, 1.82) is 0 Å². The fourth-order valence-electron chi connectivity index (χ4n) is 1.72. The van der Waals surface area contributed by atoms with E-state index in [2.05, 4.69) is 21.0 Å². The van der Waals surface area contributed by atoms with Gasteiger partial charge in [0.05, 0.1) is 15.9 Å². The van der Waals surface area contributed by atoms with Crippen LogP contribution in [-0.2, 0) is 13.2 Å². The van der Waals surface area contributed by atoms with Gasteiger partial charge in [0, 0.05) is 6.54 Å². The predicted octanol–water partition coefficient (Wildman–Crippen LogP) is 3.31. The van der Waals surface area contributed by atoms with Crippen LogP contribution in [0.3, 0.4) is 0 Å². The van der Waals surface area contributed by atoms with Crippen molar-refractivity contribution in [1.82, 2.24) is 9.78 Å². The largest absolute Gasteiger partial charge is 0.485 e. The molecule has 0 aliphatic carbocycles. The highest BCUT2D eigenvalue weighted by Gasteiger charge is 2.16. The van der Waals surface area contributed by atoms with Gasteiger partial charge in [0.15, 0.2) is 4.88 Å². The van der Waals surface area contributed by atoms with Gasteiger partial charge in [0.2, 0.25) is 0 Å². The molecular weight excluding hydrogens is 332 g/mol. The van der Waals surface area contributed by atoms with Gasteiger partial charge in [-0.15, -0.1) is 11.3 Å². The number of aromatic carboxylic acids is 1. The SMILES string of the molecule is CCn1nc(C)c(Br)c1COc1ccsc1C(=O)O. The van der Waals surface area contributed by atoms with E-state index in [1.54, 1.807) is 11.4 Å². The van der Waals surface area contributed by atoms with E-state index in [0.29, 0.717) is 5.75 Å². The molecule has 102 valence electrons. The van der Waals surface area contributed by atoms with Gasteiger partial charge >= 0.3 is 5.97 Å². The summed E-state index contributed by atoms with van der Waals surface area (Å²) in [5, 5.41) is 15.1. The molecule has 0 saturated carbocycles. The highest BCUT2D eigenvalue weighted by atomic mass is 79.9. The van der Waals surface area contributed by atoms with E-state index in [-0.39, 0.29) is 11.5 Å². The Labute approximate surface area is 122 Å². The molecule has 2 aromatic heterocycles. The van der Waals surface area contributed by atoms with Gasteiger partial charge in [-0.1, -0.05) is 0 Å². The zero-order chi connectivity index (χ0) is 14.0. The minimum atomic E-state index is -0.968. The fourth-order valence-corrected chi connectivity index (χ4v) is 2.79. The zero-order valence-corrected chi connectivity index (χ0v) is 12.9. The van der Waals surface area contributed by atoms with Crippen molar-refractivity contribution in [2.24, 2.45) is 0 Å². The second-order valence-corrected chi connectivity index (χ2v) is 5.58. The Balaban J connectivity index is 2.19. The number of ether oxygens (including phenoxy) is 1. The second kappa shape index (κ2) is 5.75. The molecule has 0 bridgehead atoms. The lowest BCUT2D eigenvalue weighted by atomic mass is 10.3.